The van der Waals surface area contributed by atoms with Crippen molar-refractivity contribution in [3.63, 3.8) is 0 Å². The minimum atomic E-state index is -0.0373. The van der Waals surface area contributed by atoms with Crippen molar-refractivity contribution in [1.82, 2.24) is 25.0 Å². The predicted molar refractivity (Wildman–Crippen MR) is 105 cm³/mol. The van der Waals surface area contributed by atoms with Crippen LogP contribution in [0.1, 0.15) is 53.1 Å². The molecule has 3 aromatic rings. The van der Waals surface area contributed by atoms with Crippen molar-refractivity contribution in [2.75, 3.05) is 19.6 Å². The van der Waals surface area contributed by atoms with Gasteiger partial charge in [-0.2, -0.15) is 0 Å². The van der Waals surface area contributed by atoms with Gasteiger partial charge in [-0.25, -0.2) is 0 Å². The number of fused-ring (bicyclic) bond motifs is 2. The van der Waals surface area contributed by atoms with Crippen molar-refractivity contribution in [2.24, 2.45) is 0 Å². The van der Waals surface area contributed by atoms with Crippen molar-refractivity contribution in [2.45, 2.75) is 45.2 Å². The van der Waals surface area contributed by atoms with Gasteiger partial charge in [0.15, 0.2) is 5.76 Å². The number of piperidine rings is 1. The number of aromatic nitrogens is 3. The molecule has 1 aromatic carbocycles. The Balaban J connectivity index is 1.37. The van der Waals surface area contributed by atoms with Gasteiger partial charge in [0.05, 0.1) is 6.04 Å². The highest BCUT2D eigenvalue weighted by molar-refractivity contribution is 5.98. The lowest BCUT2D eigenvalue weighted by Gasteiger charge is -2.23. The lowest BCUT2D eigenvalue weighted by Crippen LogP contribution is -2.34. The van der Waals surface area contributed by atoms with Crippen molar-refractivity contribution in [3.8, 4) is 0 Å². The molecule has 4 heterocycles. The van der Waals surface area contributed by atoms with Crippen LogP contribution in [0.3, 0.4) is 0 Å². The van der Waals surface area contributed by atoms with Gasteiger partial charge in [-0.05, 0) is 32.4 Å². The Morgan fingerprint density at radius 1 is 1.18 bits per heavy atom. The molecule has 2 aromatic heterocycles. The van der Waals surface area contributed by atoms with Gasteiger partial charge in [-0.1, -0.05) is 24.6 Å². The van der Waals surface area contributed by atoms with E-state index >= 15 is 0 Å². The molecule has 1 amide bonds. The van der Waals surface area contributed by atoms with Crippen LogP contribution in [0, 0.1) is 6.92 Å². The smallest absolute Gasteiger partial charge is 0.289 e. The molecule has 28 heavy (non-hydrogen) atoms. The van der Waals surface area contributed by atoms with Crippen LogP contribution in [0.2, 0.25) is 0 Å². The molecule has 2 aliphatic rings. The topological polar surface area (TPSA) is 76.2 Å². The SMILES string of the molecule is Cc1c(C(=O)N2CCc3nnc([C@H]4CCCCN4)n3CC2)oc2ccccc12. The summed E-state index contributed by atoms with van der Waals surface area (Å²) in [4.78, 5) is 15.1. The van der Waals surface area contributed by atoms with E-state index in [9.17, 15) is 4.79 Å². The van der Waals surface area contributed by atoms with Crippen molar-refractivity contribution in [1.29, 1.82) is 0 Å². The standard InChI is InChI=1S/C21H25N5O2/c1-14-15-6-2-3-8-17(15)28-19(14)21(27)25-11-9-18-23-24-20(26(18)13-12-25)16-7-4-5-10-22-16/h2-3,6,8,16,22H,4-5,7,9-13H2,1H3/t16-/m1/s1. The van der Waals surface area contributed by atoms with Gasteiger partial charge in [0.1, 0.15) is 17.2 Å². The zero-order valence-corrected chi connectivity index (χ0v) is 16.1. The van der Waals surface area contributed by atoms with Gasteiger partial charge in [-0.3, -0.25) is 4.79 Å². The fourth-order valence-corrected chi connectivity index (χ4v) is 4.40. The lowest BCUT2D eigenvalue weighted by atomic mass is 10.0. The first-order valence-corrected chi connectivity index (χ1v) is 10.1. The van der Waals surface area contributed by atoms with E-state index in [0.29, 0.717) is 25.3 Å². The van der Waals surface area contributed by atoms with Crippen LogP contribution in [0.4, 0.5) is 0 Å². The molecule has 146 valence electrons. The third kappa shape index (κ3) is 2.90. The molecule has 2 aliphatic heterocycles. The van der Waals surface area contributed by atoms with Crippen LogP contribution in [0.5, 0.6) is 0 Å². The van der Waals surface area contributed by atoms with Gasteiger partial charge in [0.2, 0.25) is 0 Å². The van der Waals surface area contributed by atoms with Crippen molar-refractivity contribution >= 4 is 16.9 Å². The summed E-state index contributed by atoms with van der Waals surface area (Å²) < 4.78 is 8.11. The molecule has 1 N–H and O–H groups in total. The maximum Gasteiger partial charge on any atom is 0.289 e. The molecular formula is C21H25N5O2. The lowest BCUT2D eigenvalue weighted by molar-refractivity contribution is 0.0728. The van der Waals surface area contributed by atoms with Crippen LogP contribution in [0.15, 0.2) is 28.7 Å². The number of hydrogen-bond donors (Lipinski definition) is 1. The van der Waals surface area contributed by atoms with Crippen LogP contribution >= 0.6 is 0 Å². The number of nitrogens with zero attached hydrogens (tertiary/aromatic N) is 4. The van der Waals surface area contributed by atoms with E-state index in [-0.39, 0.29) is 11.9 Å². The molecule has 1 atom stereocenters. The monoisotopic (exact) mass is 379 g/mol. The number of furan rings is 1. The zero-order valence-electron chi connectivity index (χ0n) is 16.1. The maximum absolute atomic E-state index is 13.2. The molecule has 0 bridgehead atoms. The van der Waals surface area contributed by atoms with Gasteiger partial charge in [0, 0.05) is 37.0 Å². The second-order valence-corrected chi connectivity index (χ2v) is 7.72. The maximum atomic E-state index is 13.2. The number of carbonyl (C=O) groups excluding carboxylic acids is 1. The summed E-state index contributed by atoms with van der Waals surface area (Å²) in [6.45, 7) is 4.98. The number of rotatable bonds is 2. The van der Waals surface area contributed by atoms with Gasteiger partial charge < -0.3 is 19.2 Å². The van der Waals surface area contributed by atoms with Gasteiger partial charge >= 0.3 is 0 Å². The molecule has 1 fully saturated rings. The summed E-state index contributed by atoms with van der Waals surface area (Å²) in [6, 6.07) is 8.08. The molecule has 0 radical (unpaired) electrons. The largest absolute Gasteiger partial charge is 0.451 e. The average molecular weight is 379 g/mol. The first kappa shape index (κ1) is 17.4. The molecular weight excluding hydrogens is 354 g/mol. The number of hydrogen-bond acceptors (Lipinski definition) is 5. The van der Waals surface area contributed by atoms with Crippen LogP contribution in [0.25, 0.3) is 11.0 Å². The number of amides is 1. The molecule has 7 nitrogen and oxygen atoms in total. The third-order valence-electron chi connectivity index (χ3n) is 6.00. The Morgan fingerprint density at radius 3 is 2.89 bits per heavy atom. The van der Waals surface area contributed by atoms with E-state index < -0.39 is 0 Å². The number of benzene rings is 1. The Kier molecular flexibility index (Phi) is 4.39. The van der Waals surface area contributed by atoms with E-state index in [1.807, 2.05) is 36.1 Å². The first-order chi connectivity index (χ1) is 13.7. The van der Waals surface area contributed by atoms with E-state index in [4.69, 9.17) is 4.42 Å². The fraction of sp³-hybridized carbons (Fsp3) is 0.476. The molecule has 0 saturated carbocycles. The highest BCUT2D eigenvalue weighted by atomic mass is 16.3. The minimum Gasteiger partial charge on any atom is -0.451 e. The first-order valence-electron chi connectivity index (χ1n) is 10.1. The summed E-state index contributed by atoms with van der Waals surface area (Å²) in [5.74, 6) is 2.40. The Hall–Kier alpha value is -2.67. The molecule has 0 aliphatic carbocycles. The Morgan fingerprint density at radius 2 is 2.07 bits per heavy atom. The van der Waals surface area contributed by atoms with Gasteiger partial charge in [-0.15, -0.1) is 10.2 Å². The fourth-order valence-electron chi connectivity index (χ4n) is 4.40. The number of nitrogens with one attached hydrogen (secondary N) is 1. The number of para-hydroxylation sites is 1. The molecule has 5 rings (SSSR count). The normalized spacial score (nSPS) is 20.2. The Labute approximate surface area is 163 Å². The van der Waals surface area contributed by atoms with E-state index in [0.717, 1.165) is 47.7 Å². The quantitative estimate of drug-likeness (QED) is 0.741. The predicted octanol–water partition coefficient (Wildman–Crippen LogP) is 2.85. The van der Waals surface area contributed by atoms with E-state index in [2.05, 4.69) is 20.1 Å². The molecule has 1 saturated heterocycles. The summed E-state index contributed by atoms with van der Waals surface area (Å²) >= 11 is 0. The highest BCUT2D eigenvalue weighted by Crippen LogP contribution is 2.27. The van der Waals surface area contributed by atoms with Gasteiger partial charge in [0.25, 0.3) is 5.91 Å². The molecule has 0 unspecified atom stereocenters. The summed E-state index contributed by atoms with van der Waals surface area (Å²) in [7, 11) is 0. The second-order valence-electron chi connectivity index (χ2n) is 7.72. The van der Waals surface area contributed by atoms with E-state index in [1.165, 1.54) is 12.8 Å². The van der Waals surface area contributed by atoms with Crippen molar-refractivity contribution in [3.05, 3.63) is 47.2 Å². The van der Waals surface area contributed by atoms with Crippen molar-refractivity contribution < 1.29 is 9.21 Å². The molecule has 0 spiro atoms. The Bertz CT molecular complexity index is 1020. The molecule has 7 heteroatoms. The minimum absolute atomic E-state index is 0.0373. The highest BCUT2D eigenvalue weighted by Gasteiger charge is 2.28. The summed E-state index contributed by atoms with van der Waals surface area (Å²) in [5.41, 5.74) is 1.68. The van der Waals surface area contributed by atoms with Crippen LogP contribution < -0.4 is 5.32 Å². The van der Waals surface area contributed by atoms with E-state index in [1.54, 1.807) is 0 Å². The average Bonchev–Trinajstić information content (AvgIpc) is 3.22. The summed E-state index contributed by atoms with van der Waals surface area (Å²) in [5, 5.41) is 13.4. The third-order valence-corrected chi connectivity index (χ3v) is 6.00. The van der Waals surface area contributed by atoms with Crippen LogP contribution in [-0.2, 0) is 13.0 Å². The number of carbonyl (C=O) groups is 1. The second kappa shape index (κ2) is 7.05. The zero-order chi connectivity index (χ0) is 19.1. The van der Waals surface area contributed by atoms with Crippen LogP contribution in [-0.4, -0.2) is 45.2 Å². The summed E-state index contributed by atoms with van der Waals surface area (Å²) in [6.07, 6.45) is 4.25. The number of aryl methyl sites for hydroxylation is 1.